The Balaban J connectivity index is 1.62. The summed E-state index contributed by atoms with van der Waals surface area (Å²) in [6.07, 6.45) is 1.81. The fourth-order valence-corrected chi connectivity index (χ4v) is 6.47. The smallest absolute Gasteiger partial charge is 0.174 e. The first-order valence-corrected chi connectivity index (χ1v) is 15.6. The largest absolute Gasteiger partial charge is 0.451 e. The van der Waals surface area contributed by atoms with E-state index in [1.54, 1.807) is 0 Å². The van der Waals surface area contributed by atoms with Gasteiger partial charge in [0.1, 0.15) is 5.69 Å². The van der Waals surface area contributed by atoms with Crippen molar-refractivity contribution in [2.24, 2.45) is 0 Å². The fraction of sp³-hybridized carbons (Fsp3) is 0.325. The highest BCUT2D eigenvalue weighted by molar-refractivity contribution is 6.10. The Kier molecular flexibility index (Phi) is 7.19. The number of fused-ring (bicyclic) bond motifs is 4. The Morgan fingerprint density at radius 3 is 1.98 bits per heavy atom. The molecule has 0 atom stereocenters. The topological polar surface area (TPSA) is 26.0 Å². The highest BCUT2D eigenvalue weighted by Gasteiger charge is 2.25. The number of benzene rings is 4. The van der Waals surface area contributed by atoms with Gasteiger partial charge in [-0.1, -0.05) is 105 Å². The second-order valence-electron chi connectivity index (χ2n) is 14.0. The molecule has 0 N–H and O–H groups in total. The Morgan fingerprint density at radius 1 is 0.698 bits per heavy atom. The lowest BCUT2D eigenvalue weighted by Gasteiger charge is -2.23. The van der Waals surface area contributed by atoms with Crippen LogP contribution >= 0.6 is 0 Å². The third-order valence-electron chi connectivity index (χ3n) is 8.84. The summed E-state index contributed by atoms with van der Waals surface area (Å²) in [6, 6.07) is 23.3. The van der Waals surface area contributed by atoms with Crippen LogP contribution in [0.25, 0.3) is 55.1 Å². The molecule has 0 amide bonds. The molecule has 0 saturated carbocycles. The molecule has 0 aliphatic heterocycles. The number of hydrogen-bond acceptors (Lipinski definition) is 2. The molecule has 0 unspecified atom stereocenters. The van der Waals surface area contributed by atoms with Gasteiger partial charge < -0.3 is 4.42 Å². The molecular weight excluding hydrogens is 529 g/mol. The van der Waals surface area contributed by atoms with E-state index in [9.17, 15) is 0 Å². The monoisotopic (exact) mass is 571 g/mol. The normalized spacial score (nSPS) is 12.6. The highest BCUT2D eigenvalue weighted by Crippen LogP contribution is 2.44. The maximum absolute atomic E-state index is 16.8. The minimum atomic E-state index is -0.311. The number of furan rings is 1. The quantitative estimate of drug-likeness (QED) is 0.206. The van der Waals surface area contributed by atoms with Crippen molar-refractivity contribution in [3.63, 3.8) is 0 Å². The molecule has 0 spiro atoms. The van der Waals surface area contributed by atoms with Crippen LogP contribution in [0, 0.1) is 5.82 Å². The molecule has 0 saturated heterocycles. The lowest BCUT2D eigenvalue weighted by atomic mass is 9.81. The first-order chi connectivity index (χ1) is 20.4. The zero-order chi connectivity index (χ0) is 30.8. The Morgan fingerprint density at radius 2 is 1.35 bits per heavy atom. The number of halogens is 1. The van der Waals surface area contributed by atoms with Gasteiger partial charge in [-0.15, -0.1) is 0 Å². The zero-order valence-electron chi connectivity index (χ0n) is 26.9. The van der Waals surface area contributed by atoms with Crippen LogP contribution in [0.2, 0.25) is 0 Å². The summed E-state index contributed by atoms with van der Waals surface area (Å²) in [4.78, 5) is 4.80. The minimum Gasteiger partial charge on any atom is -0.451 e. The maximum Gasteiger partial charge on any atom is 0.174 e. The van der Waals surface area contributed by atoms with Gasteiger partial charge in [0.25, 0.3) is 0 Å². The molecular formula is C40H42FNO. The van der Waals surface area contributed by atoms with Crippen molar-refractivity contribution in [2.45, 2.75) is 85.5 Å². The molecule has 220 valence electrons. The second-order valence-corrected chi connectivity index (χ2v) is 14.0. The summed E-state index contributed by atoms with van der Waals surface area (Å²) < 4.78 is 23.3. The Bertz CT molecular complexity index is 1970. The van der Waals surface area contributed by atoms with E-state index in [0.29, 0.717) is 17.1 Å². The van der Waals surface area contributed by atoms with Gasteiger partial charge in [0.15, 0.2) is 17.0 Å². The predicted molar refractivity (Wildman–Crippen MR) is 181 cm³/mol. The number of rotatable bonds is 5. The van der Waals surface area contributed by atoms with Crippen LogP contribution in [0.4, 0.5) is 4.39 Å². The standard InChI is InChI=1S/C40H42FNO/c1-22(2)26-19-32(23(3)4)35(33(20-26)24(5)6)31-15-14-29-30-16-17-42-37(39(30)43-38(29)36(31)41)27-18-25-12-10-11-13-28(25)34(21-27)40(7,8)9/h10-24H,1-9H3. The molecule has 2 heterocycles. The van der Waals surface area contributed by atoms with Gasteiger partial charge >= 0.3 is 0 Å². The molecule has 4 aromatic carbocycles. The van der Waals surface area contributed by atoms with Gasteiger partial charge in [0.2, 0.25) is 0 Å². The van der Waals surface area contributed by atoms with Gasteiger partial charge in [-0.2, -0.15) is 0 Å². The highest BCUT2D eigenvalue weighted by atomic mass is 19.1. The van der Waals surface area contributed by atoms with Crippen LogP contribution in [-0.2, 0) is 5.41 Å². The van der Waals surface area contributed by atoms with Crippen LogP contribution in [-0.4, -0.2) is 4.98 Å². The van der Waals surface area contributed by atoms with Crippen molar-refractivity contribution in [3.8, 4) is 22.4 Å². The zero-order valence-corrected chi connectivity index (χ0v) is 26.9. The summed E-state index contributed by atoms with van der Waals surface area (Å²) in [5.74, 6) is 0.580. The third-order valence-corrected chi connectivity index (χ3v) is 8.84. The van der Waals surface area contributed by atoms with Crippen molar-refractivity contribution in [1.82, 2.24) is 4.98 Å². The van der Waals surface area contributed by atoms with Crippen molar-refractivity contribution in [1.29, 1.82) is 0 Å². The molecule has 0 aliphatic carbocycles. The molecule has 6 aromatic rings. The maximum atomic E-state index is 16.8. The lowest BCUT2D eigenvalue weighted by Crippen LogP contribution is -2.12. The lowest BCUT2D eigenvalue weighted by molar-refractivity contribution is 0.586. The fourth-order valence-electron chi connectivity index (χ4n) is 6.47. The van der Waals surface area contributed by atoms with E-state index >= 15 is 4.39 Å². The van der Waals surface area contributed by atoms with Gasteiger partial charge in [-0.3, -0.25) is 4.98 Å². The van der Waals surface area contributed by atoms with Crippen LogP contribution in [0.1, 0.15) is 102 Å². The van der Waals surface area contributed by atoms with Crippen molar-refractivity contribution in [3.05, 3.63) is 101 Å². The van der Waals surface area contributed by atoms with Crippen molar-refractivity contribution >= 4 is 32.7 Å². The number of nitrogens with zero attached hydrogens (tertiary/aromatic N) is 1. The summed E-state index contributed by atoms with van der Waals surface area (Å²) in [5.41, 5.74) is 9.05. The molecule has 2 nitrogen and oxygen atoms in total. The van der Waals surface area contributed by atoms with E-state index in [1.165, 1.54) is 27.6 Å². The van der Waals surface area contributed by atoms with E-state index in [-0.39, 0.29) is 28.7 Å². The van der Waals surface area contributed by atoms with Crippen molar-refractivity contribution in [2.75, 3.05) is 0 Å². The van der Waals surface area contributed by atoms with Gasteiger partial charge in [-0.05, 0) is 86.0 Å². The molecule has 43 heavy (non-hydrogen) atoms. The predicted octanol–water partition coefficient (Wildman–Crippen LogP) is 12.3. The molecule has 0 fully saturated rings. The van der Waals surface area contributed by atoms with E-state index in [4.69, 9.17) is 9.40 Å². The second kappa shape index (κ2) is 10.6. The van der Waals surface area contributed by atoms with Gasteiger partial charge in [0.05, 0.1) is 0 Å². The van der Waals surface area contributed by atoms with E-state index < -0.39 is 0 Å². The summed E-state index contributed by atoms with van der Waals surface area (Å²) in [5, 5.41) is 4.03. The van der Waals surface area contributed by atoms with E-state index in [2.05, 4.69) is 111 Å². The summed E-state index contributed by atoms with van der Waals surface area (Å²) in [6.45, 7) is 19.9. The molecule has 0 radical (unpaired) electrons. The van der Waals surface area contributed by atoms with Crippen LogP contribution in [0.3, 0.4) is 0 Å². The summed E-state index contributed by atoms with van der Waals surface area (Å²) >= 11 is 0. The average molecular weight is 572 g/mol. The van der Waals surface area contributed by atoms with E-state index in [1.807, 2.05) is 24.4 Å². The van der Waals surface area contributed by atoms with Crippen LogP contribution < -0.4 is 0 Å². The van der Waals surface area contributed by atoms with Crippen LogP contribution in [0.5, 0.6) is 0 Å². The Hall–Kier alpha value is -3.98. The van der Waals surface area contributed by atoms with Gasteiger partial charge in [0, 0.05) is 28.1 Å². The Labute approximate surface area is 255 Å². The molecule has 6 rings (SSSR count). The number of aromatic nitrogens is 1. The van der Waals surface area contributed by atoms with Gasteiger partial charge in [-0.25, -0.2) is 4.39 Å². The first-order valence-electron chi connectivity index (χ1n) is 15.6. The number of hydrogen-bond donors (Lipinski definition) is 0. The SMILES string of the molecule is CC(C)c1cc(C(C)C)c(-c2ccc3c(oc4c(-c5cc(C(C)(C)C)c6ccccc6c5)nccc43)c2F)c(C(C)C)c1. The first kappa shape index (κ1) is 29.1. The molecule has 0 aliphatic rings. The molecule has 2 aromatic heterocycles. The molecule has 3 heteroatoms. The number of pyridine rings is 1. The van der Waals surface area contributed by atoms with E-state index in [0.717, 1.165) is 33.0 Å². The minimum absolute atomic E-state index is 0.0637. The average Bonchev–Trinajstić information content (AvgIpc) is 3.35. The summed E-state index contributed by atoms with van der Waals surface area (Å²) in [7, 11) is 0. The third kappa shape index (κ3) is 4.93. The molecule has 0 bridgehead atoms. The van der Waals surface area contributed by atoms with Crippen molar-refractivity contribution < 1.29 is 8.81 Å². The van der Waals surface area contributed by atoms with Crippen LogP contribution in [0.15, 0.2) is 77.3 Å².